The molecule has 0 saturated heterocycles. The zero-order valence-electron chi connectivity index (χ0n) is 9.69. The van der Waals surface area contributed by atoms with E-state index in [2.05, 4.69) is 21.2 Å². The van der Waals surface area contributed by atoms with Crippen molar-refractivity contribution in [2.45, 2.75) is 44.4 Å². The van der Waals surface area contributed by atoms with Crippen LogP contribution in [-0.4, -0.2) is 22.4 Å². The van der Waals surface area contributed by atoms with E-state index < -0.39 is 0 Å². The summed E-state index contributed by atoms with van der Waals surface area (Å²) >= 11 is 3.30. The Morgan fingerprint density at radius 3 is 2.94 bits per heavy atom. The summed E-state index contributed by atoms with van der Waals surface area (Å²) in [5.74, 6) is 0.302. The molecule has 1 aliphatic rings. The van der Waals surface area contributed by atoms with Gasteiger partial charge in [-0.1, -0.05) is 12.1 Å². The van der Waals surface area contributed by atoms with Crippen molar-refractivity contribution in [2.75, 3.05) is 0 Å². The number of aliphatic hydroxyl groups is 1. The van der Waals surface area contributed by atoms with Crippen molar-refractivity contribution in [3.8, 4) is 5.75 Å². The second-order valence-corrected chi connectivity index (χ2v) is 5.50. The second kappa shape index (κ2) is 5.85. The highest BCUT2D eigenvalue weighted by atomic mass is 79.9. The zero-order chi connectivity index (χ0) is 12.3. The first-order chi connectivity index (χ1) is 8.16. The molecule has 0 heterocycles. The molecule has 1 aromatic carbocycles. The van der Waals surface area contributed by atoms with Crippen LogP contribution in [0.15, 0.2) is 22.7 Å². The van der Waals surface area contributed by atoms with Crippen molar-refractivity contribution < 1.29 is 10.2 Å². The Bertz CT molecular complexity index is 384. The topological polar surface area (TPSA) is 52.5 Å². The standard InChI is InChI=1S/C13H18BrNO2/c14-12-6-1-3-9(13(12)17)8-15-10-4-2-5-11(16)7-10/h1,3,6,10-11,15-17H,2,4-5,7-8H2. The van der Waals surface area contributed by atoms with Gasteiger partial charge in [0.2, 0.25) is 0 Å². The Hall–Kier alpha value is -0.580. The molecule has 0 amide bonds. The lowest BCUT2D eigenvalue weighted by molar-refractivity contribution is 0.111. The van der Waals surface area contributed by atoms with Crippen LogP contribution >= 0.6 is 15.9 Å². The molecule has 2 unspecified atom stereocenters. The van der Waals surface area contributed by atoms with Crippen molar-refractivity contribution in [1.29, 1.82) is 0 Å². The monoisotopic (exact) mass is 299 g/mol. The van der Waals surface area contributed by atoms with E-state index in [-0.39, 0.29) is 6.10 Å². The molecule has 0 aromatic heterocycles. The lowest BCUT2D eigenvalue weighted by atomic mass is 9.93. The van der Waals surface area contributed by atoms with Gasteiger partial charge in [0.15, 0.2) is 0 Å². The summed E-state index contributed by atoms with van der Waals surface area (Å²) < 4.78 is 0.723. The highest BCUT2D eigenvalue weighted by molar-refractivity contribution is 9.10. The fourth-order valence-electron chi connectivity index (χ4n) is 2.31. The average molecular weight is 300 g/mol. The van der Waals surface area contributed by atoms with E-state index in [4.69, 9.17) is 0 Å². The molecule has 1 aromatic rings. The SMILES string of the molecule is Oc1c(Br)cccc1CNC1CCCC(O)C1. The number of para-hydroxylation sites is 1. The van der Waals surface area contributed by atoms with Crippen LogP contribution in [0.2, 0.25) is 0 Å². The first-order valence-corrected chi connectivity index (χ1v) is 6.84. The molecular weight excluding hydrogens is 282 g/mol. The molecule has 0 aliphatic heterocycles. The van der Waals surface area contributed by atoms with Gasteiger partial charge in [0, 0.05) is 18.2 Å². The van der Waals surface area contributed by atoms with Gasteiger partial charge >= 0.3 is 0 Å². The predicted octanol–water partition coefficient (Wildman–Crippen LogP) is 2.55. The molecular formula is C13H18BrNO2. The normalized spacial score (nSPS) is 24.8. The maximum absolute atomic E-state index is 9.84. The van der Waals surface area contributed by atoms with Gasteiger partial charge in [-0.3, -0.25) is 0 Å². The lowest BCUT2D eigenvalue weighted by Gasteiger charge is -2.26. The van der Waals surface area contributed by atoms with E-state index in [0.29, 0.717) is 18.3 Å². The number of hydrogen-bond donors (Lipinski definition) is 3. The van der Waals surface area contributed by atoms with Gasteiger partial charge in [-0.25, -0.2) is 0 Å². The number of rotatable bonds is 3. The number of phenols is 1. The van der Waals surface area contributed by atoms with Crippen LogP contribution in [0.1, 0.15) is 31.2 Å². The minimum atomic E-state index is -0.169. The van der Waals surface area contributed by atoms with Crippen LogP contribution in [0.3, 0.4) is 0 Å². The number of aromatic hydroxyl groups is 1. The second-order valence-electron chi connectivity index (χ2n) is 4.65. The van der Waals surface area contributed by atoms with Crippen molar-refractivity contribution in [3.05, 3.63) is 28.2 Å². The number of nitrogens with one attached hydrogen (secondary N) is 1. The Kier molecular flexibility index (Phi) is 4.42. The van der Waals surface area contributed by atoms with Crippen LogP contribution < -0.4 is 5.32 Å². The van der Waals surface area contributed by atoms with Crippen molar-refractivity contribution in [3.63, 3.8) is 0 Å². The Balaban J connectivity index is 1.91. The molecule has 1 saturated carbocycles. The molecule has 3 N–H and O–H groups in total. The fraction of sp³-hybridized carbons (Fsp3) is 0.538. The molecule has 17 heavy (non-hydrogen) atoms. The van der Waals surface area contributed by atoms with E-state index in [1.54, 1.807) is 0 Å². The summed E-state index contributed by atoms with van der Waals surface area (Å²) in [7, 11) is 0. The number of aliphatic hydroxyl groups excluding tert-OH is 1. The van der Waals surface area contributed by atoms with Gasteiger partial charge in [-0.2, -0.15) is 0 Å². The zero-order valence-corrected chi connectivity index (χ0v) is 11.3. The summed E-state index contributed by atoms with van der Waals surface area (Å²) in [5.41, 5.74) is 0.888. The van der Waals surface area contributed by atoms with Crippen molar-refractivity contribution in [2.24, 2.45) is 0 Å². The van der Waals surface area contributed by atoms with Gasteiger partial charge in [-0.05, 0) is 47.7 Å². The van der Waals surface area contributed by atoms with Crippen molar-refractivity contribution in [1.82, 2.24) is 5.32 Å². The largest absolute Gasteiger partial charge is 0.506 e. The lowest BCUT2D eigenvalue weighted by Crippen LogP contribution is -2.35. The van der Waals surface area contributed by atoms with Gasteiger partial charge < -0.3 is 15.5 Å². The van der Waals surface area contributed by atoms with Gasteiger partial charge in [-0.15, -0.1) is 0 Å². The summed E-state index contributed by atoms with van der Waals surface area (Å²) in [6, 6.07) is 6.00. The molecule has 0 radical (unpaired) electrons. The average Bonchev–Trinajstić information content (AvgIpc) is 2.31. The molecule has 3 nitrogen and oxygen atoms in total. The van der Waals surface area contributed by atoms with Crippen LogP contribution in [0.25, 0.3) is 0 Å². The van der Waals surface area contributed by atoms with E-state index in [9.17, 15) is 10.2 Å². The quantitative estimate of drug-likeness (QED) is 0.804. The molecule has 4 heteroatoms. The van der Waals surface area contributed by atoms with E-state index >= 15 is 0 Å². The number of benzene rings is 1. The molecule has 1 fully saturated rings. The first-order valence-electron chi connectivity index (χ1n) is 6.04. The van der Waals surface area contributed by atoms with Crippen LogP contribution in [0.4, 0.5) is 0 Å². The molecule has 94 valence electrons. The highest BCUT2D eigenvalue weighted by Gasteiger charge is 2.19. The van der Waals surface area contributed by atoms with Gasteiger partial charge in [0.25, 0.3) is 0 Å². The summed E-state index contributed by atoms with van der Waals surface area (Å²) in [4.78, 5) is 0. The van der Waals surface area contributed by atoms with Crippen molar-refractivity contribution >= 4 is 15.9 Å². The third-order valence-corrected chi connectivity index (χ3v) is 3.94. The van der Waals surface area contributed by atoms with Crippen LogP contribution in [0.5, 0.6) is 5.75 Å². The molecule has 0 spiro atoms. The van der Waals surface area contributed by atoms with E-state index in [1.807, 2.05) is 18.2 Å². The first kappa shape index (κ1) is 12.9. The minimum Gasteiger partial charge on any atom is -0.506 e. The third-order valence-electron chi connectivity index (χ3n) is 3.30. The predicted molar refractivity (Wildman–Crippen MR) is 70.9 cm³/mol. The third kappa shape index (κ3) is 3.44. The van der Waals surface area contributed by atoms with Crippen LogP contribution in [-0.2, 0) is 6.54 Å². The number of phenolic OH excluding ortho intramolecular Hbond substituents is 1. The number of halogens is 1. The summed E-state index contributed by atoms with van der Waals surface area (Å²) in [6.45, 7) is 0.642. The number of hydrogen-bond acceptors (Lipinski definition) is 3. The smallest absolute Gasteiger partial charge is 0.134 e. The Labute approximate surface area is 110 Å². The summed E-state index contributed by atoms with van der Waals surface area (Å²) in [6.07, 6.45) is 3.74. The van der Waals surface area contributed by atoms with Gasteiger partial charge in [0.1, 0.15) is 5.75 Å². The molecule has 2 atom stereocenters. The highest BCUT2D eigenvalue weighted by Crippen LogP contribution is 2.27. The summed E-state index contributed by atoms with van der Waals surface area (Å²) in [5, 5.41) is 22.8. The molecule has 2 rings (SSSR count). The van der Waals surface area contributed by atoms with Gasteiger partial charge in [0.05, 0.1) is 10.6 Å². The molecule has 1 aliphatic carbocycles. The van der Waals surface area contributed by atoms with Crippen LogP contribution in [0, 0.1) is 0 Å². The maximum Gasteiger partial charge on any atom is 0.134 e. The molecule has 0 bridgehead atoms. The Morgan fingerprint density at radius 1 is 1.35 bits per heavy atom. The van der Waals surface area contributed by atoms with E-state index in [0.717, 1.165) is 35.7 Å². The van der Waals surface area contributed by atoms with E-state index in [1.165, 1.54) is 0 Å². The Morgan fingerprint density at radius 2 is 2.18 bits per heavy atom. The maximum atomic E-state index is 9.84. The minimum absolute atomic E-state index is 0.169. The fourth-order valence-corrected chi connectivity index (χ4v) is 2.71.